The van der Waals surface area contributed by atoms with E-state index in [2.05, 4.69) is 81.5 Å². The van der Waals surface area contributed by atoms with Crippen molar-refractivity contribution in [2.24, 2.45) is 0 Å². The topological polar surface area (TPSA) is 42.3 Å². The van der Waals surface area contributed by atoms with E-state index in [1.54, 1.807) is 0 Å². The third-order valence-electron chi connectivity index (χ3n) is 7.81. The summed E-state index contributed by atoms with van der Waals surface area (Å²) in [5.74, 6) is -0.613. The first kappa shape index (κ1) is 25.2. The minimum Gasteiger partial charge on any atom is -0.309 e. The molecule has 0 bridgehead atoms. The Balaban J connectivity index is 1.45. The number of carbonyl (C=O) groups is 2. The number of halogens is 2. The predicted molar refractivity (Wildman–Crippen MR) is 170 cm³/mol. The van der Waals surface area contributed by atoms with Gasteiger partial charge in [-0.15, -0.1) is 0 Å². The first-order chi connectivity index (χ1) is 19.1. The van der Waals surface area contributed by atoms with Gasteiger partial charge < -0.3 is 4.57 Å². The van der Waals surface area contributed by atoms with E-state index in [0.717, 1.165) is 47.4 Å². The first-order valence-electron chi connectivity index (χ1n) is 13.1. The zero-order valence-corrected chi connectivity index (χ0v) is 25.3. The predicted octanol–water partition coefficient (Wildman–Crippen LogP) is 9.56. The van der Waals surface area contributed by atoms with Crippen LogP contribution in [0, 0.1) is 0 Å². The fourth-order valence-electron chi connectivity index (χ4n) is 5.85. The molecule has 0 atom stereocenters. The molecule has 1 aromatic heterocycles. The quantitative estimate of drug-likeness (QED) is 0.175. The van der Waals surface area contributed by atoms with Gasteiger partial charge in [0.2, 0.25) is 0 Å². The third-order valence-corrected chi connectivity index (χ3v) is 8.79. The fraction of sp³-hybridized carbons (Fsp3) is 0.118. The van der Waals surface area contributed by atoms with Crippen molar-refractivity contribution in [3.63, 3.8) is 0 Å². The molecular weight excluding hydrogens is 628 g/mol. The minimum absolute atomic E-state index is 0.0258. The molecule has 0 unspecified atom stereocenters. The largest absolute Gasteiger partial charge is 0.309 e. The van der Waals surface area contributed by atoms with Crippen LogP contribution in [-0.2, 0) is 5.41 Å². The lowest BCUT2D eigenvalue weighted by Gasteiger charge is -2.28. The molecule has 0 fully saturated rings. The highest BCUT2D eigenvalue weighted by Crippen LogP contribution is 2.40. The first-order valence-corrected chi connectivity index (χ1v) is 14.7. The van der Waals surface area contributed by atoms with Gasteiger partial charge in [-0.25, -0.2) is 4.90 Å². The lowest BCUT2D eigenvalue weighted by molar-refractivity contribution is 0.0893. The number of aromatic nitrogens is 1. The van der Waals surface area contributed by atoms with Crippen LogP contribution in [0.15, 0.2) is 99.9 Å². The highest BCUT2D eigenvalue weighted by Gasteiger charge is 2.35. The Labute approximate surface area is 248 Å². The maximum atomic E-state index is 13.9. The van der Waals surface area contributed by atoms with Crippen LogP contribution in [0.5, 0.6) is 0 Å². The van der Waals surface area contributed by atoms with Gasteiger partial charge >= 0.3 is 0 Å². The van der Waals surface area contributed by atoms with Crippen molar-refractivity contribution in [3.8, 4) is 5.69 Å². The zero-order chi connectivity index (χ0) is 27.9. The molecule has 5 aromatic carbocycles. The fourth-order valence-corrected chi connectivity index (χ4v) is 6.57. The molecule has 0 saturated carbocycles. The van der Waals surface area contributed by atoms with E-state index < -0.39 is 0 Å². The number of hydrogen-bond donors (Lipinski definition) is 0. The Kier molecular flexibility index (Phi) is 5.61. The molecule has 40 heavy (non-hydrogen) atoms. The number of anilines is 1. The molecule has 0 saturated heterocycles. The molecule has 0 spiro atoms. The van der Waals surface area contributed by atoms with E-state index in [1.165, 1.54) is 4.90 Å². The molecule has 0 radical (unpaired) electrons. The maximum absolute atomic E-state index is 13.9. The number of fused-ring (bicyclic) bond motifs is 3. The summed E-state index contributed by atoms with van der Waals surface area (Å²) in [7, 11) is 0. The van der Waals surface area contributed by atoms with E-state index in [1.807, 2.05) is 66.7 Å². The average Bonchev–Trinajstić information content (AvgIpc) is 3.23. The van der Waals surface area contributed by atoms with E-state index >= 15 is 0 Å². The number of benzene rings is 5. The monoisotopic (exact) mass is 650 g/mol. The number of hydrogen-bond acceptors (Lipinski definition) is 2. The van der Waals surface area contributed by atoms with Crippen molar-refractivity contribution in [3.05, 3.63) is 117 Å². The summed E-state index contributed by atoms with van der Waals surface area (Å²) in [6.45, 7) is 6.42. The van der Waals surface area contributed by atoms with Gasteiger partial charge in [0.25, 0.3) is 11.8 Å². The number of imide groups is 1. The van der Waals surface area contributed by atoms with Crippen molar-refractivity contribution in [1.29, 1.82) is 0 Å². The van der Waals surface area contributed by atoms with Crippen LogP contribution in [0.4, 0.5) is 5.69 Å². The summed E-state index contributed by atoms with van der Waals surface area (Å²) in [6, 6.07) is 29.8. The smallest absolute Gasteiger partial charge is 0.265 e. The van der Waals surface area contributed by atoms with Gasteiger partial charge in [0, 0.05) is 41.6 Å². The van der Waals surface area contributed by atoms with E-state index in [-0.39, 0.29) is 17.2 Å². The van der Waals surface area contributed by atoms with Gasteiger partial charge in [0.05, 0.1) is 22.4 Å². The molecule has 196 valence electrons. The van der Waals surface area contributed by atoms with Gasteiger partial charge in [-0.05, 0) is 77.7 Å². The summed E-state index contributed by atoms with van der Waals surface area (Å²) >= 11 is 7.26. The van der Waals surface area contributed by atoms with Crippen molar-refractivity contribution >= 4 is 81.9 Å². The average molecular weight is 652 g/mol. The van der Waals surface area contributed by atoms with Gasteiger partial charge in [-0.3, -0.25) is 9.59 Å². The molecule has 2 amide bonds. The summed E-state index contributed by atoms with van der Waals surface area (Å²) in [5.41, 5.74) is 5.77. The second-order valence-corrected chi connectivity index (χ2v) is 13.1. The van der Waals surface area contributed by atoms with E-state index in [9.17, 15) is 9.59 Å². The number of amides is 2. The lowest BCUT2D eigenvalue weighted by atomic mass is 9.87. The Hall–Kier alpha value is -3.74. The Bertz CT molecular complexity index is 1970. The standard InChI is InChI=1S/C34H24Br2N2O2/c1-34(2,3)19-7-11-22(12-8-19)37-32(39)24-6-4-5-23-28(16-13-25(31(23)24)33(37)40)38-29-14-9-20(35)17-26(29)27-18-21(36)10-15-30(27)38/h4-18H,1-3H3. The van der Waals surface area contributed by atoms with Gasteiger partial charge in [-0.1, -0.05) is 76.9 Å². The van der Waals surface area contributed by atoms with Gasteiger partial charge in [0.15, 0.2) is 0 Å². The van der Waals surface area contributed by atoms with Crippen molar-refractivity contribution in [2.45, 2.75) is 26.2 Å². The summed E-state index contributed by atoms with van der Waals surface area (Å²) in [5, 5.41) is 3.79. The van der Waals surface area contributed by atoms with Crippen LogP contribution in [0.1, 0.15) is 47.1 Å². The Morgan fingerprint density at radius 2 is 1.20 bits per heavy atom. The normalized spacial score (nSPS) is 13.7. The molecule has 6 heteroatoms. The van der Waals surface area contributed by atoms with Crippen LogP contribution >= 0.6 is 31.9 Å². The van der Waals surface area contributed by atoms with Crippen LogP contribution in [-0.4, -0.2) is 16.4 Å². The van der Waals surface area contributed by atoms with E-state index in [0.29, 0.717) is 22.2 Å². The van der Waals surface area contributed by atoms with Crippen LogP contribution in [0.2, 0.25) is 0 Å². The maximum Gasteiger partial charge on any atom is 0.265 e. The van der Waals surface area contributed by atoms with Gasteiger partial charge in [-0.2, -0.15) is 0 Å². The number of nitrogens with zero attached hydrogens (tertiary/aromatic N) is 2. The molecule has 1 aliphatic heterocycles. The molecule has 1 aliphatic rings. The van der Waals surface area contributed by atoms with Gasteiger partial charge in [0.1, 0.15) is 0 Å². The summed E-state index contributed by atoms with van der Waals surface area (Å²) in [4.78, 5) is 29.1. The van der Waals surface area contributed by atoms with Crippen molar-refractivity contribution in [1.82, 2.24) is 4.57 Å². The zero-order valence-electron chi connectivity index (χ0n) is 22.1. The molecule has 0 aliphatic carbocycles. The highest BCUT2D eigenvalue weighted by atomic mass is 79.9. The van der Waals surface area contributed by atoms with Crippen LogP contribution in [0.25, 0.3) is 38.3 Å². The third kappa shape index (κ3) is 3.70. The molecule has 4 nitrogen and oxygen atoms in total. The molecule has 6 aromatic rings. The number of rotatable bonds is 2. The van der Waals surface area contributed by atoms with Crippen molar-refractivity contribution in [2.75, 3.05) is 4.90 Å². The molecule has 0 N–H and O–H groups in total. The van der Waals surface area contributed by atoms with Crippen LogP contribution in [0.3, 0.4) is 0 Å². The van der Waals surface area contributed by atoms with Crippen LogP contribution < -0.4 is 4.90 Å². The highest BCUT2D eigenvalue weighted by molar-refractivity contribution is 9.10. The molecule has 2 heterocycles. The SMILES string of the molecule is CC(C)(C)c1ccc(N2C(=O)c3cccc4c(-n5c6ccc(Br)cc6c6cc(Br)ccc65)ccc(c34)C2=O)cc1. The number of carbonyl (C=O) groups excluding carboxylic acids is 2. The minimum atomic E-state index is -0.307. The Morgan fingerprint density at radius 1 is 0.625 bits per heavy atom. The summed E-state index contributed by atoms with van der Waals surface area (Å²) < 4.78 is 4.23. The lowest BCUT2D eigenvalue weighted by Crippen LogP contribution is -2.40. The Morgan fingerprint density at radius 3 is 1.77 bits per heavy atom. The molecule has 7 rings (SSSR count). The molecular formula is C34H24Br2N2O2. The second kappa shape index (κ2) is 8.88. The second-order valence-electron chi connectivity index (χ2n) is 11.3. The van der Waals surface area contributed by atoms with E-state index in [4.69, 9.17) is 0 Å². The van der Waals surface area contributed by atoms with Crippen molar-refractivity contribution < 1.29 is 9.59 Å². The summed E-state index contributed by atoms with van der Waals surface area (Å²) in [6.07, 6.45) is 0.